The van der Waals surface area contributed by atoms with E-state index < -0.39 is 0 Å². The van der Waals surface area contributed by atoms with Gasteiger partial charge >= 0.3 is 0 Å². The molecule has 1 amide bonds. The molecule has 1 atom stereocenters. The van der Waals surface area contributed by atoms with Crippen LogP contribution in [0.4, 0.5) is 0 Å². The molecular weight excluding hydrogens is 384 g/mol. The van der Waals surface area contributed by atoms with E-state index in [1.807, 2.05) is 35.0 Å². The number of nitrogens with one attached hydrogen (secondary N) is 1. The third-order valence-corrected chi connectivity index (χ3v) is 6.08. The Balaban J connectivity index is 0.00000210. The Kier molecular flexibility index (Phi) is 6.86. The summed E-state index contributed by atoms with van der Waals surface area (Å²) in [4.78, 5) is 22.7. The Morgan fingerprint density at radius 1 is 1.33 bits per heavy atom. The molecule has 2 fully saturated rings. The molecule has 0 aromatic carbocycles. The van der Waals surface area contributed by atoms with Crippen molar-refractivity contribution in [3.05, 3.63) is 34.0 Å². The molecule has 1 N–H and O–H groups in total. The Morgan fingerprint density at radius 2 is 2.15 bits per heavy atom. The van der Waals surface area contributed by atoms with Crippen molar-refractivity contribution in [2.75, 3.05) is 39.3 Å². The molecule has 0 saturated carbocycles. The lowest BCUT2D eigenvalue weighted by Crippen LogP contribution is -2.48. The molecule has 0 spiro atoms. The van der Waals surface area contributed by atoms with Crippen molar-refractivity contribution in [3.8, 4) is 0 Å². The summed E-state index contributed by atoms with van der Waals surface area (Å²) in [6.45, 7) is 8.29. The van der Waals surface area contributed by atoms with E-state index in [4.69, 9.17) is 0 Å². The summed E-state index contributed by atoms with van der Waals surface area (Å²) in [5.74, 6) is 0.0563. The number of piperazine rings is 1. The second-order valence-electron chi connectivity index (χ2n) is 7.10. The molecular formula is C18H27ClN6OS. The van der Waals surface area contributed by atoms with Crippen molar-refractivity contribution in [2.45, 2.75) is 32.4 Å². The molecule has 0 radical (unpaired) electrons. The van der Waals surface area contributed by atoms with E-state index >= 15 is 0 Å². The minimum atomic E-state index is 0. The van der Waals surface area contributed by atoms with E-state index in [0.29, 0.717) is 11.7 Å². The zero-order valence-corrected chi connectivity index (χ0v) is 17.3. The third-order valence-electron chi connectivity index (χ3n) is 5.18. The van der Waals surface area contributed by atoms with Crippen LogP contribution in [0.15, 0.2) is 18.5 Å². The zero-order chi connectivity index (χ0) is 17.9. The summed E-state index contributed by atoms with van der Waals surface area (Å²) in [5, 5.41) is 9.07. The lowest BCUT2D eigenvalue weighted by atomic mass is 10.1. The Bertz CT molecular complexity index is 749. The van der Waals surface area contributed by atoms with Crippen molar-refractivity contribution in [1.82, 2.24) is 29.9 Å². The number of carbonyl (C=O) groups excluding carboxylic acids is 1. The van der Waals surface area contributed by atoms with Gasteiger partial charge in [0.2, 0.25) is 0 Å². The largest absolute Gasteiger partial charge is 0.335 e. The first-order valence-corrected chi connectivity index (χ1v) is 10.2. The van der Waals surface area contributed by atoms with Gasteiger partial charge in [-0.15, -0.1) is 23.7 Å². The van der Waals surface area contributed by atoms with E-state index in [-0.39, 0.29) is 18.3 Å². The van der Waals surface area contributed by atoms with Crippen molar-refractivity contribution in [1.29, 1.82) is 0 Å². The van der Waals surface area contributed by atoms with Crippen LogP contribution in [0.2, 0.25) is 0 Å². The van der Waals surface area contributed by atoms with E-state index in [1.54, 1.807) is 11.3 Å². The second kappa shape index (κ2) is 9.14. The molecule has 2 aliphatic rings. The molecule has 7 nitrogen and oxygen atoms in total. The summed E-state index contributed by atoms with van der Waals surface area (Å²) in [6.07, 6.45) is 6.20. The highest BCUT2D eigenvalue weighted by Crippen LogP contribution is 2.18. The maximum atomic E-state index is 12.8. The number of thiazole rings is 1. The Labute approximate surface area is 170 Å². The van der Waals surface area contributed by atoms with Crippen LogP contribution in [0.5, 0.6) is 0 Å². The number of nitrogens with zero attached hydrogens (tertiary/aromatic N) is 5. The predicted molar refractivity (Wildman–Crippen MR) is 109 cm³/mol. The minimum Gasteiger partial charge on any atom is -0.335 e. The summed E-state index contributed by atoms with van der Waals surface area (Å²) in [5.41, 5.74) is 0.571. The second-order valence-corrected chi connectivity index (χ2v) is 8.41. The van der Waals surface area contributed by atoms with Gasteiger partial charge in [0.25, 0.3) is 5.91 Å². The van der Waals surface area contributed by atoms with E-state index in [2.05, 4.69) is 20.3 Å². The molecule has 2 aromatic rings. The first-order chi connectivity index (χ1) is 12.7. The summed E-state index contributed by atoms with van der Waals surface area (Å²) >= 11 is 1.75. The lowest BCUT2D eigenvalue weighted by molar-refractivity contribution is 0.0622. The predicted octanol–water partition coefficient (Wildman–Crippen LogP) is 1.95. The van der Waals surface area contributed by atoms with Crippen molar-refractivity contribution < 1.29 is 4.79 Å². The first-order valence-electron chi connectivity index (χ1n) is 9.38. The summed E-state index contributed by atoms with van der Waals surface area (Å²) < 4.78 is 1.96. The molecule has 4 rings (SSSR count). The number of amides is 1. The van der Waals surface area contributed by atoms with Crippen LogP contribution < -0.4 is 5.32 Å². The van der Waals surface area contributed by atoms with Crippen LogP contribution in [-0.2, 0) is 6.54 Å². The van der Waals surface area contributed by atoms with Gasteiger partial charge in [-0.1, -0.05) is 0 Å². The summed E-state index contributed by atoms with van der Waals surface area (Å²) in [6, 6.07) is 2.23. The normalized spacial score (nSPS) is 21.1. The standard InChI is InChI=1S/C18H26N6OS.ClH/c1-14-20-12-16(26-14)13-22-7-9-23(10-8-22)18(25)17-4-6-24(21-17)15-3-2-5-19-11-15;/h4,6,12,15,19H,2-3,5,7-11,13H2,1H3;1H. The Morgan fingerprint density at radius 3 is 2.81 bits per heavy atom. The molecule has 0 bridgehead atoms. The van der Waals surface area contributed by atoms with Crippen LogP contribution in [0.1, 0.15) is 39.3 Å². The molecule has 2 aliphatic heterocycles. The highest BCUT2D eigenvalue weighted by molar-refractivity contribution is 7.11. The number of hydrogen-bond donors (Lipinski definition) is 1. The van der Waals surface area contributed by atoms with E-state index in [9.17, 15) is 4.79 Å². The lowest BCUT2D eigenvalue weighted by Gasteiger charge is -2.34. The van der Waals surface area contributed by atoms with Gasteiger partial charge < -0.3 is 10.2 Å². The first kappa shape index (κ1) is 20.3. The summed E-state index contributed by atoms with van der Waals surface area (Å²) in [7, 11) is 0. The molecule has 2 aromatic heterocycles. The van der Waals surface area contributed by atoms with Crippen LogP contribution >= 0.6 is 23.7 Å². The van der Waals surface area contributed by atoms with Gasteiger partial charge in [0.15, 0.2) is 0 Å². The number of rotatable bonds is 4. The van der Waals surface area contributed by atoms with Crippen LogP contribution in [0.25, 0.3) is 0 Å². The fourth-order valence-corrected chi connectivity index (χ4v) is 4.52. The maximum absolute atomic E-state index is 12.8. The highest BCUT2D eigenvalue weighted by atomic mass is 35.5. The minimum absolute atomic E-state index is 0. The van der Waals surface area contributed by atoms with Crippen LogP contribution in [0, 0.1) is 6.92 Å². The SMILES string of the molecule is Cc1ncc(CN2CCN(C(=O)c3ccn(C4CCCNC4)n3)CC2)s1.Cl. The number of carbonyl (C=O) groups is 1. The fraction of sp³-hybridized carbons (Fsp3) is 0.611. The topological polar surface area (TPSA) is 66.3 Å². The highest BCUT2D eigenvalue weighted by Gasteiger charge is 2.25. The van der Waals surface area contributed by atoms with E-state index in [0.717, 1.165) is 63.7 Å². The van der Waals surface area contributed by atoms with Crippen molar-refractivity contribution >= 4 is 29.7 Å². The molecule has 0 aliphatic carbocycles. The van der Waals surface area contributed by atoms with Crippen molar-refractivity contribution in [2.24, 2.45) is 0 Å². The average Bonchev–Trinajstić information content (AvgIpc) is 3.32. The van der Waals surface area contributed by atoms with Crippen molar-refractivity contribution in [3.63, 3.8) is 0 Å². The third kappa shape index (κ3) is 4.87. The van der Waals surface area contributed by atoms with Gasteiger partial charge in [0.1, 0.15) is 5.69 Å². The molecule has 148 valence electrons. The molecule has 27 heavy (non-hydrogen) atoms. The van der Waals surface area contributed by atoms with Gasteiger partial charge in [-0.05, 0) is 32.4 Å². The van der Waals surface area contributed by atoms with Crippen LogP contribution in [-0.4, -0.2) is 69.7 Å². The number of piperidine rings is 1. The van der Waals surface area contributed by atoms with E-state index in [1.165, 1.54) is 4.88 Å². The molecule has 4 heterocycles. The Hall–Kier alpha value is -1.48. The van der Waals surface area contributed by atoms with Gasteiger partial charge in [0.05, 0.1) is 11.0 Å². The quantitative estimate of drug-likeness (QED) is 0.834. The number of aromatic nitrogens is 3. The molecule has 1 unspecified atom stereocenters. The fourth-order valence-electron chi connectivity index (χ4n) is 3.68. The number of halogens is 1. The van der Waals surface area contributed by atoms with Gasteiger partial charge in [0, 0.05) is 56.5 Å². The van der Waals surface area contributed by atoms with Crippen LogP contribution in [0.3, 0.4) is 0 Å². The monoisotopic (exact) mass is 410 g/mol. The smallest absolute Gasteiger partial charge is 0.274 e. The average molecular weight is 411 g/mol. The zero-order valence-electron chi connectivity index (χ0n) is 15.6. The molecule has 9 heteroatoms. The van der Waals surface area contributed by atoms with Gasteiger partial charge in [-0.2, -0.15) is 5.10 Å². The number of hydrogen-bond acceptors (Lipinski definition) is 6. The van der Waals surface area contributed by atoms with Gasteiger partial charge in [-0.3, -0.25) is 14.4 Å². The number of aryl methyl sites for hydroxylation is 1. The molecule has 2 saturated heterocycles. The van der Waals surface area contributed by atoms with Gasteiger partial charge in [-0.25, -0.2) is 4.98 Å². The maximum Gasteiger partial charge on any atom is 0.274 e.